The Morgan fingerprint density at radius 2 is 2.16 bits per heavy atom. The van der Waals surface area contributed by atoms with Crippen molar-refractivity contribution in [2.75, 3.05) is 24.5 Å². The summed E-state index contributed by atoms with van der Waals surface area (Å²) in [6.45, 7) is 5.29. The second kappa shape index (κ2) is 5.53. The van der Waals surface area contributed by atoms with Gasteiger partial charge in [-0.1, -0.05) is 19.1 Å². The van der Waals surface area contributed by atoms with E-state index in [-0.39, 0.29) is 0 Å². The summed E-state index contributed by atoms with van der Waals surface area (Å²) >= 11 is 0. The largest absolute Gasteiger partial charge is 0.351 e. The molecule has 2 aromatic rings. The monoisotopic (exact) mass is 256 g/mol. The van der Waals surface area contributed by atoms with E-state index in [0.29, 0.717) is 6.04 Å². The maximum absolute atomic E-state index is 4.75. The van der Waals surface area contributed by atoms with Crippen LogP contribution in [0.15, 0.2) is 30.5 Å². The van der Waals surface area contributed by atoms with E-state index in [1.165, 1.54) is 12.8 Å². The van der Waals surface area contributed by atoms with Gasteiger partial charge in [-0.2, -0.15) is 0 Å². The minimum atomic E-state index is 0.551. The van der Waals surface area contributed by atoms with Crippen molar-refractivity contribution in [3.63, 3.8) is 0 Å². The van der Waals surface area contributed by atoms with E-state index in [1.54, 1.807) is 0 Å². The molecule has 0 spiro atoms. The van der Waals surface area contributed by atoms with Gasteiger partial charge in [0.1, 0.15) is 5.82 Å². The smallest absolute Gasteiger partial charge is 0.148 e. The number of hydrogen-bond donors (Lipinski definition) is 1. The Morgan fingerprint density at radius 3 is 3.00 bits per heavy atom. The molecule has 2 heterocycles. The van der Waals surface area contributed by atoms with Gasteiger partial charge in [-0.05, 0) is 31.5 Å². The predicted molar refractivity (Wildman–Crippen MR) is 78.4 cm³/mol. The third-order valence-electron chi connectivity index (χ3n) is 3.74. The van der Waals surface area contributed by atoms with Gasteiger partial charge in [-0.15, -0.1) is 0 Å². The lowest BCUT2D eigenvalue weighted by molar-refractivity contribution is 0.584. The molecule has 100 valence electrons. The highest BCUT2D eigenvalue weighted by atomic mass is 15.2. The number of benzene rings is 1. The lowest BCUT2D eigenvalue weighted by Crippen LogP contribution is -2.38. The van der Waals surface area contributed by atoms with Crippen LogP contribution in [0.25, 0.3) is 11.0 Å². The predicted octanol–water partition coefficient (Wildman–Crippen LogP) is 2.21. The molecule has 1 aliphatic heterocycles. The fourth-order valence-corrected chi connectivity index (χ4v) is 2.75. The van der Waals surface area contributed by atoms with Crippen LogP contribution < -0.4 is 10.2 Å². The van der Waals surface area contributed by atoms with Crippen LogP contribution in [-0.4, -0.2) is 35.6 Å². The molecule has 0 radical (unpaired) electrons. The summed E-state index contributed by atoms with van der Waals surface area (Å²) < 4.78 is 0. The van der Waals surface area contributed by atoms with Crippen LogP contribution in [0.3, 0.4) is 0 Å². The molecule has 1 N–H and O–H groups in total. The lowest BCUT2D eigenvalue weighted by Gasteiger charge is -2.25. The summed E-state index contributed by atoms with van der Waals surface area (Å²) in [5, 5.41) is 3.44. The van der Waals surface area contributed by atoms with Crippen molar-refractivity contribution in [3.05, 3.63) is 30.5 Å². The summed E-state index contributed by atoms with van der Waals surface area (Å²) in [6, 6.07) is 8.60. The third kappa shape index (κ3) is 2.54. The standard InChI is InChI=1S/C15H20N4/c1-2-16-10-12-6-5-9-19(12)15-11-17-13-7-3-4-8-14(13)18-15/h3-4,7-8,11-12,16H,2,5-6,9-10H2,1H3. The molecule has 1 unspecified atom stereocenters. The molecule has 19 heavy (non-hydrogen) atoms. The van der Waals surface area contributed by atoms with E-state index in [1.807, 2.05) is 30.5 Å². The Balaban J connectivity index is 1.86. The van der Waals surface area contributed by atoms with Crippen molar-refractivity contribution in [2.45, 2.75) is 25.8 Å². The Morgan fingerprint density at radius 1 is 1.32 bits per heavy atom. The van der Waals surface area contributed by atoms with E-state index < -0.39 is 0 Å². The minimum absolute atomic E-state index is 0.551. The average molecular weight is 256 g/mol. The molecule has 1 atom stereocenters. The number of likely N-dealkylation sites (N-methyl/N-ethyl adjacent to an activating group) is 1. The van der Waals surface area contributed by atoms with Gasteiger partial charge in [-0.25, -0.2) is 4.98 Å². The summed E-state index contributed by atoms with van der Waals surface area (Å²) in [5.41, 5.74) is 1.95. The lowest BCUT2D eigenvalue weighted by atomic mass is 10.2. The van der Waals surface area contributed by atoms with Gasteiger partial charge < -0.3 is 10.2 Å². The summed E-state index contributed by atoms with van der Waals surface area (Å²) in [4.78, 5) is 11.7. The average Bonchev–Trinajstić information content (AvgIpc) is 2.93. The number of hydrogen-bond acceptors (Lipinski definition) is 4. The molecule has 0 aliphatic carbocycles. The Kier molecular flexibility index (Phi) is 3.60. The molecule has 0 amide bonds. The summed E-state index contributed by atoms with van der Waals surface area (Å²) in [5.74, 6) is 1.01. The van der Waals surface area contributed by atoms with E-state index in [9.17, 15) is 0 Å². The highest BCUT2D eigenvalue weighted by Gasteiger charge is 2.25. The fraction of sp³-hybridized carbons (Fsp3) is 0.467. The molecule has 1 aliphatic rings. The van der Waals surface area contributed by atoms with Gasteiger partial charge >= 0.3 is 0 Å². The van der Waals surface area contributed by atoms with Crippen LogP contribution in [0.2, 0.25) is 0 Å². The summed E-state index contributed by atoms with van der Waals surface area (Å²) in [6.07, 6.45) is 4.39. The minimum Gasteiger partial charge on any atom is -0.351 e. The van der Waals surface area contributed by atoms with Gasteiger partial charge in [0.25, 0.3) is 0 Å². The SMILES string of the molecule is CCNCC1CCCN1c1cnc2ccccc2n1. The highest BCUT2D eigenvalue weighted by Crippen LogP contribution is 2.24. The van der Waals surface area contributed by atoms with Crippen LogP contribution in [0.5, 0.6) is 0 Å². The van der Waals surface area contributed by atoms with Crippen LogP contribution in [0, 0.1) is 0 Å². The van der Waals surface area contributed by atoms with E-state index >= 15 is 0 Å². The molecule has 0 bridgehead atoms. The number of rotatable bonds is 4. The third-order valence-corrected chi connectivity index (χ3v) is 3.74. The van der Waals surface area contributed by atoms with Crippen molar-refractivity contribution in [3.8, 4) is 0 Å². The van der Waals surface area contributed by atoms with Gasteiger partial charge in [0.15, 0.2) is 0 Å². The molecule has 0 saturated carbocycles. The van der Waals surface area contributed by atoms with Crippen molar-refractivity contribution in [1.82, 2.24) is 15.3 Å². The summed E-state index contributed by atoms with van der Waals surface area (Å²) in [7, 11) is 0. The van der Waals surface area contributed by atoms with Crippen LogP contribution in [-0.2, 0) is 0 Å². The zero-order valence-corrected chi connectivity index (χ0v) is 11.3. The Labute approximate surface area is 113 Å². The molecule has 4 nitrogen and oxygen atoms in total. The molecule has 3 rings (SSSR count). The van der Waals surface area contributed by atoms with Crippen molar-refractivity contribution >= 4 is 16.9 Å². The second-order valence-corrected chi connectivity index (χ2v) is 5.01. The molecule has 1 fully saturated rings. The first-order valence-corrected chi connectivity index (χ1v) is 7.07. The zero-order chi connectivity index (χ0) is 13.1. The molecule has 1 saturated heterocycles. The van der Waals surface area contributed by atoms with Crippen molar-refractivity contribution < 1.29 is 0 Å². The van der Waals surface area contributed by atoms with Gasteiger partial charge in [0, 0.05) is 19.1 Å². The number of para-hydroxylation sites is 2. The number of fused-ring (bicyclic) bond motifs is 1. The van der Waals surface area contributed by atoms with Gasteiger partial charge in [-0.3, -0.25) is 4.98 Å². The Bertz CT molecular complexity index is 555. The fourth-order valence-electron chi connectivity index (χ4n) is 2.75. The first-order chi connectivity index (χ1) is 9.38. The van der Waals surface area contributed by atoms with E-state index in [4.69, 9.17) is 4.98 Å². The molecular weight excluding hydrogens is 236 g/mol. The molecule has 4 heteroatoms. The quantitative estimate of drug-likeness (QED) is 0.910. The maximum Gasteiger partial charge on any atom is 0.148 e. The van der Waals surface area contributed by atoms with Crippen molar-refractivity contribution in [2.24, 2.45) is 0 Å². The van der Waals surface area contributed by atoms with Crippen LogP contribution in [0.1, 0.15) is 19.8 Å². The topological polar surface area (TPSA) is 41.0 Å². The van der Waals surface area contributed by atoms with Crippen molar-refractivity contribution in [1.29, 1.82) is 0 Å². The first kappa shape index (κ1) is 12.4. The second-order valence-electron chi connectivity index (χ2n) is 5.01. The van der Waals surface area contributed by atoms with Gasteiger partial charge in [0.2, 0.25) is 0 Å². The first-order valence-electron chi connectivity index (χ1n) is 7.07. The maximum atomic E-state index is 4.75. The van der Waals surface area contributed by atoms with Crippen LogP contribution in [0.4, 0.5) is 5.82 Å². The number of nitrogens with one attached hydrogen (secondary N) is 1. The zero-order valence-electron chi connectivity index (χ0n) is 11.3. The number of aromatic nitrogens is 2. The normalized spacial score (nSPS) is 19.2. The van der Waals surface area contributed by atoms with Gasteiger partial charge in [0.05, 0.1) is 17.2 Å². The molecule has 1 aromatic heterocycles. The number of nitrogens with zero attached hydrogens (tertiary/aromatic N) is 3. The van der Waals surface area contributed by atoms with E-state index in [0.717, 1.165) is 36.5 Å². The Hall–Kier alpha value is -1.68. The van der Waals surface area contributed by atoms with Crippen LogP contribution >= 0.6 is 0 Å². The number of anilines is 1. The molecule has 1 aromatic carbocycles. The molecular formula is C15H20N4. The van der Waals surface area contributed by atoms with E-state index in [2.05, 4.69) is 22.1 Å². The highest BCUT2D eigenvalue weighted by molar-refractivity contribution is 5.75.